The first-order chi connectivity index (χ1) is 8.09. The van der Waals surface area contributed by atoms with Gasteiger partial charge in [0.05, 0.1) is 0 Å². The van der Waals surface area contributed by atoms with Gasteiger partial charge in [0.1, 0.15) is 6.04 Å². The number of rotatable bonds is 2. The topological polar surface area (TPSA) is 57.6 Å². The van der Waals surface area contributed by atoms with Crippen LogP contribution in [0.25, 0.3) is 0 Å². The highest BCUT2D eigenvalue weighted by Crippen LogP contribution is 2.37. The van der Waals surface area contributed by atoms with Crippen molar-refractivity contribution in [3.63, 3.8) is 0 Å². The van der Waals surface area contributed by atoms with Gasteiger partial charge in [-0.15, -0.1) is 0 Å². The van der Waals surface area contributed by atoms with E-state index in [4.69, 9.17) is 5.11 Å². The van der Waals surface area contributed by atoms with Gasteiger partial charge in [-0.2, -0.15) is 0 Å². The van der Waals surface area contributed by atoms with Crippen LogP contribution < -0.4 is 0 Å². The lowest BCUT2D eigenvalue weighted by molar-refractivity contribution is -0.147. The van der Waals surface area contributed by atoms with Crippen LogP contribution in [0.5, 0.6) is 0 Å². The van der Waals surface area contributed by atoms with Crippen LogP contribution in [0.1, 0.15) is 45.4 Å². The fourth-order valence-electron chi connectivity index (χ4n) is 3.40. The quantitative estimate of drug-likeness (QED) is 0.800. The Morgan fingerprint density at radius 3 is 2.24 bits per heavy atom. The van der Waals surface area contributed by atoms with Gasteiger partial charge < -0.3 is 10.0 Å². The zero-order valence-corrected chi connectivity index (χ0v) is 10.4. The molecule has 96 valence electrons. The summed E-state index contributed by atoms with van der Waals surface area (Å²) in [6, 6.07) is -0.584. The van der Waals surface area contributed by atoms with Crippen LogP contribution in [0.2, 0.25) is 0 Å². The van der Waals surface area contributed by atoms with Crippen molar-refractivity contribution in [3.8, 4) is 0 Å². The largest absolute Gasteiger partial charge is 0.480 e. The van der Waals surface area contributed by atoms with Crippen molar-refractivity contribution < 1.29 is 14.7 Å². The summed E-state index contributed by atoms with van der Waals surface area (Å²) >= 11 is 0. The molecule has 2 atom stereocenters. The van der Waals surface area contributed by atoms with Crippen LogP contribution in [0.4, 0.5) is 0 Å². The van der Waals surface area contributed by atoms with Gasteiger partial charge in [0.25, 0.3) is 0 Å². The molecule has 1 heterocycles. The molecular formula is C13H21NO3. The minimum atomic E-state index is -0.849. The maximum absolute atomic E-state index is 11.5. The number of amides is 1. The molecule has 1 amide bonds. The Balaban J connectivity index is 2.02. The Labute approximate surface area is 102 Å². The second kappa shape index (κ2) is 5.07. The molecule has 0 aromatic rings. The molecular weight excluding hydrogens is 218 g/mol. The first-order valence-electron chi connectivity index (χ1n) is 6.59. The normalized spacial score (nSPS) is 30.5. The number of likely N-dealkylation sites (tertiary alicyclic amines) is 1. The third-order valence-electron chi connectivity index (χ3n) is 4.34. The summed E-state index contributed by atoms with van der Waals surface area (Å²) in [5.41, 5.74) is 0. The lowest BCUT2D eigenvalue weighted by Gasteiger charge is -2.27. The monoisotopic (exact) mass is 239 g/mol. The molecule has 0 aromatic heterocycles. The van der Waals surface area contributed by atoms with E-state index >= 15 is 0 Å². The van der Waals surface area contributed by atoms with Crippen LogP contribution in [0.3, 0.4) is 0 Å². The Morgan fingerprint density at radius 2 is 1.76 bits per heavy atom. The molecule has 4 nitrogen and oxygen atoms in total. The summed E-state index contributed by atoms with van der Waals surface area (Å²) in [6.45, 7) is 2.12. The molecule has 0 bridgehead atoms. The van der Waals surface area contributed by atoms with E-state index in [2.05, 4.69) is 0 Å². The van der Waals surface area contributed by atoms with Crippen molar-refractivity contribution in [1.29, 1.82) is 0 Å². The number of carbonyl (C=O) groups is 2. The molecule has 1 saturated heterocycles. The highest BCUT2D eigenvalue weighted by Gasteiger charge is 2.41. The predicted octanol–water partition coefficient (Wildman–Crippen LogP) is 1.89. The maximum Gasteiger partial charge on any atom is 0.326 e. The molecule has 2 fully saturated rings. The number of carboxylic acids is 1. The first-order valence-corrected chi connectivity index (χ1v) is 6.59. The van der Waals surface area contributed by atoms with Gasteiger partial charge in [0.2, 0.25) is 5.91 Å². The van der Waals surface area contributed by atoms with Crippen LogP contribution >= 0.6 is 0 Å². The minimum Gasteiger partial charge on any atom is -0.480 e. The van der Waals surface area contributed by atoms with Gasteiger partial charge >= 0.3 is 5.97 Å². The maximum atomic E-state index is 11.5. The molecule has 0 aromatic carbocycles. The minimum absolute atomic E-state index is 0.101. The van der Waals surface area contributed by atoms with E-state index in [1.54, 1.807) is 4.90 Å². The van der Waals surface area contributed by atoms with Crippen LogP contribution in [0, 0.1) is 11.8 Å². The Morgan fingerprint density at radius 1 is 1.12 bits per heavy atom. The average Bonchev–Trinajstić information content (AvgIpc) is 2.75. The molecule has 0 radical (unpaired) electrons. The summed E-state index contributed by atoms with van der Waals surface area (Å²) in [6.07, 6.45) is 6.91. The Kier molecular flexibility index (Phi) is 3.69. The van der Waals surface area contributed by atoms with E-state index < -0.39 is 12.0 Å². The lowest BCUT2D eigenvalue weighted by Crippen LogP contribution is -2.39. The molecule has 1 aliphatic heterocycles. The number of hydrogen-bond donors (Lipinski definition) is 1. The fourth-order valence-corrected chi connectivity index (χ4v) is 3.40. The Hall–Kier alpha value is -1.06. The van der Waals surface area contributed by atoms with Gasteiger partial charge in [-0.1, -0.05) is 32.1 Å². The fraction of sp³-hybridized carbons (Fsp3) is 0.846. The third-order valence-corrected chi connectivity index (χ3v) is 4.34. The highest BCUT2D eigenvalue weighted by atomic mass is 16.4. The second-order valence-electron chi connectivity index (χ2n) is 5.42. The molecule has 0 spiro atoms. The zero-order valence-electron chi connectivity index (χ0n) is 10.4. The van der Waals surface area contributed by atoms with E-state index in [0.29, 0.717) is 24.8 Å². The SMILES string of the molecule is CC(=O)N1CC(C2CCCCC2)CC1C(=O)O. The van der Waals surface area contributed by atoms with Crippen LogP contribution in [-0.4, -0.2) is 34.5 Å². The van der Waals surface area contributed by atoms with Crippen LogP contribution in [-0.2, 0) is 9.59 Å². The molecule has 17 heavy (non-hydrogen) atoms. The third kappa shape index (κ3) is 2.61. The number of nitrogens with zero attached hydrogens (tertiary/aromatic N) is 1. The smallest absolute Gasteiger partial charge is 0.326 e. The van der Waals surface area contributed by atoms with Crippen molar-refractivity contribution in [1.82, 2.24) is 4.90 Å². The number of hydrogen-bond acceptors (Lipinski definition) is 2. The summed E-state index contributed by atoms with van der Waals surface area (Å²) in [5, 5.41) is 9.15. The van der Waals surface area contributed by atoms with Crippen molar-refractivity contribution >= 4 is 11.9 Å². The summed E-state index contributed by atoms with van der Waals surface area (Å²) in [7, 11) is 0. The molecule has 1 N–H and O–H groups in total. The van der Waals surface area contributed by atoms with E-state index in [1.165, 1.54) is 39.0 Å². The molecule has 2 unspecified atom stereocenters. The van der Waals surface area contributed by atoms with Crippen molar-refractivity contribution in [3.05, 3.63) is 0 Å². The van der Waals surface area contributed by atoms with E-state index in [0.717, 1.165) is 0 Å². The highest BCUT2D eigenvalue weighted by molar-refractivity contribution is 5.83. The Bertz CT molecular complexity index is 288. The van der Waals surface area contributed by atoms with Crippen molar-refractivity contribution in [2.75, 3.05) is 6.54 Å². The zero-order chi connectivity index (χ0) is 12.4. The second-order valence-corrected chi connectivity index (χ2v) is 5.42. The number of carbonyl (C=O) groups excluding carboxylic acids is 1. The molecule has 1 saturated carbocycles. The molecule has 1 aliphatic carbocycles. The van der Waals surface area contributed by atoms with Gasteiger partial charge in [-0.05, 0) is 18.3 Å². The van der Waals surface area contributed by atoms with Crippen LogP contribution in [0.15, 0.2) is 0 Å². The van der Waals surface area contributed by atoms with E-state index in [-0.39, 0.29) is 5.91 Å². The summed E-state index contributed by atoms with van der Waals surface area (Å²) < 4.78 is 0. The van der Waals surface area contributed by atoms with Gasteiger partial charge in [-0.3, -0.25) is 4.79 Å². The van der Waals surface area contributed by atoms with Crippen molar-refractivity contribution in [2.45, 2.75) is 51.5 Å². The predicted molar refractivity (Wildman–Crippen MR) is 63.5 cm³/mol. The average molecular weight is 239 g/mol. The molecule has 4 heteroatoms. The van der Waals surface area contributed by atoms with Gasteiger partial charge in [0.15, 0.2) is 0 Å². The first kappa shape index (κ1) is 12.4. The lowest BCUT2D eigenvalue weighted by atomic mass is 9.79. The van der Waals surface area contributed by atoms with E-state index in [9.17, 15) is 9.59 Å². The standard InChI is InChI=1S/C13H21NO3/c1-9(15)14-8-11(7-12(14)13(16)17)10-5-3-2-4-6-10/h10-12H,2-8H2,1H3,(H,16,17). The number of aliphatic carboxylic acids is 1. The number of carboxylic acid groups (broad SMARTS) is 1. The van der Waals surface area contributed by atoms with E-state index in [1.807, 2.05) is 0 Å². The molecule has 2 rings (SSSR count). The van der Waals surface area contributed by atoms with Gasteiger partial charge in [0, 0.05) is 13.5 Å². The van der Waals surface area contributed by atoms with Crippen molar-refractivity contribution in [2.24, 2.45) is 11.8 Å². The summed E-state index contributed by atoms with van der Waals surface area (Å²) in [5.74, 6) is 0.0875. The van der Waals surface area contributed by atoms with Gasteiger partial charge in [-0.25, -0.2) is 4.79 Å². The molecule has 2 aliphatic rings. The summed E-state index contributed by atoms with van der Waals surface area (Å²) in [4.78, 5) is 24.1.